The molecule has 0 spiro atoms. The molecule has 0 aliphatic carbocycles. The SMILES string of the molecule is Cc1ccc(-n2nc(-c3ccccc3S(=O)(=O)O)n[n+]2-c2ccc([N+](=O)[O-])cc2)cc1. The van der Waals surface area contributed by atoms with Crippen LogP contribution in [0.4, 0.5) is 5.69 Å². The Kier molecular flexibility index (Phi) is 5.05. The molecule has 0 aliphatic rings. The van der Waals surface area contributed by atoms with Crippen LogP contribution in [0.15, 0.2) is 77.7 Å². The molecule has 156 valence electrons. The van der Waals surface area contributed by atoms with E-state index in [0.29, 0.717) is 11.4 Å². The molecule has 0 unspecified atom stereocenters. The van der Waals surface area contributed by atoms with E-state index in [1.165, 1.54) is 52.1 Å². The zero-order valence-corrected chi connectivity index (χ0v) is 17.0. The summed E-state index contributed by atoms with van der Waals surface area (Å²) in [7, 11) is -4.51. The van der Waals surface area contributed by atoms with Gasteiger partial charge in [0.2, 0.25) is 0 Å². The fourth-order valence-electron chi connectivity index (χ4n) is 2.99. The maximum atomic E-state index is 11.8. The Morgan fingerprint density at radius 3 is 2.26 bits per heavy atom. The van der Waals surface area contributed by atoms with Crippen molar-refractivity contribution >= 4 is 15.8 Å². The van der Waals surface area contributed by atoms with Crippen LogP contribution in [0.5, 0.6) is 0 Å². The summed E-state index contributed by atoms with van der Waals surface area (Å²) in [5, 5.41) is 19.8. The highest BCUT2D eigenvalue weighted by atomic mass is 32.2. The van der Waals surface area contributed by atoms with Gasteiger partial charge in [-0.3, -0.25) is 14.7 Å². The topological polar surface area (TPSA) is 132 Å². The van der Waals surface area contributed by atoms with Gasteiger partial charge in [-0.05, 0) is 53.2 Å². The lowest BCUT2D eigenvalue weighted by molar-refractivity contribution is -0.734. The third kappa shape index (κ3) is 4.04. The lowest BCUT2D eigenvalue weighted by atomic mass is 10.2. The predicted molar refractivity (Wildman–Crippen MR) is 110 cm³/mol. The van der Waals surface area contributed by atoms with Gasteiger partial charge >= 0.3 is 5.82 Å². The molecule has 0 radical (unpaired) electrons. The van der Waals surface area contributed by atoms with E-state index in [4.69, 9.17) is 0 Å². The minimum atomic E-state index is -4.51. The summed E-state index contributed by atoms with van der Waals surface area (Å²) < 4.78 is 33.2. The summed E-state index contributed by atoms with van der Waals surface area (Å²) in [5.74, 6) is 0.0483. The number of hydrogen-bond acceptors (Lipinski definition) is 6. The van der Waals surface area contributed by atoms with E-state index < -0.39 is 15.0 Å². The van der Waals surface area contributed by atoms with Gasteiger partial charge in [0.05, 0.1) is 15.6 Å². The van der Waals surface area contributed by atoms with Crippen molar-refractivity contribution < 1.29 is 22.7 Å². The highest BCUT2D eigenvalue weighted by Gasteiger charge is 2.28. The van der Waals surface area contributed by atoms with Crippen molar-refractivity contribution in [2.24, 2.45) is 0 Å². The molecule has 1 heterocycles. The smallest absolute Gasteiger partial charge is 0.282 e. The zero-order valence-electron chi connectivity index (χ0n) is 16.2. The summed E-state index contributed by atoms with van der Waals surface area (Å²) in [6, 6.07) is 18.9. The molecule has 11 heteroatoms. The van der Waals surface area contributed by atoms with Crippen molar-refractivity contribution in [3.8, 4) is 22.8 Å². The second-order valence-electron chi connectivity index (χ2n) is 6.68. The minimum Gasteiger partial charge on any atom is -0.282 e. The lowest BCUT2D eigenvalue weighted by Crippen LogP contribution is -2.43. The van der Waals surface area contributed by atoms with Crippen molar-refractivity contribution in [2.75, 3.05) is 0 Å². The van der Waals surface area contributed by atoms with Gasteiger partial charge in [0.15, 0.2) is 5.69 Å². The monoisotopic (exact) mass is 438 g/mol. The molecule has 3 aromatic carbocycles. The number of benzene rings is 3. The molecular formula is C20H16N5O5S+. The molecule has 0 saturated carbocycles. The normalized spacial score (nSPS) is 11.4. The molecule has 0 atom stereocenters. The number of hydrogen-bond donors (Lipinski definition) is 1. The summed E-state index contributed by atoms with van der Waals surface area (Å²) in [6.07, 6.45) is 0. The number of aryl methyl sites for hydroxylation is 1. The average Bonchev–Trinajstić information content (AvgIpc) is 3.19. The fourth-order valence-corrected chi connectivity index (χ4v) is 3.68. The maximum Gasteiger partial charge on any atom is 0.341 e. The van der Waals surface area contributed by atoms with Gasteiger partial charge in [0.1, 0.15) is 10.6 Å². The third-order valence-electron chi connectivity index (χ3n) is 4.52. The third-order valence-corrected chi connectivity index (χ3v) is 5.43. The molecule has 1 aromatic heterocycles. The van der Waals surface area contributed by atoms with E-state index in [9.17, 15) is 23.1 Å². The Morgan fingerprint density at radius 1 is 1.00 bits per heavy atom. The van der Waals surface area contributed by atoms with Crippen LogP contribution in [-0.4, -0.2) is 32.9 Å². The Hall–Kier alpha value is -3.96. The largest absolute Gasteiger partial charge is 0.341 e. The van der Waals surface area contributed by atoms with Crippen molar-refractivity contribution in [1.82, 2.24) is 15.0 Å². The summed E-state index contributed by atoms with van der Waals surface area (Å²) >= 11 is 0. The van der Waals surface area contributed by atoms with E-state index in [-0.39, 0.29) is 22.0 Å². The molecule has 31 heavy (non-hydrogen) atoms. The second-order valence-corrected chi connectivity index (χ2v) is 8.07. The van der Waals surface area contributed by atoms with Crippen molar-refractivity contribution in [2.45, 2.75) is 11.8 Å². The van der Waals surface area contributed by atoms with Crippen molar-refractivity contribution in [3.63, 3.8) is 0 Å². The van der Waals surface area contributed by atoms with Gasteiger partial charge in [-0.1, -0.05) is 29.8 Å². The number of nitro benzene ring substituents is 1. The first-order valence-electron chi connectivity index (χ1n) is 9.02. The second kappa shape index (κ2) is 7.70. The molecule has 0 bridgehead atoms. The Bertz CT molecular complexity index is 1380. The van der Waals surface area contributed by atoms with E-state index in [2.05, 4.69) is 10.2 Å². The average molecular weight is 438 g/mol. The predicted octanol–water partition coefficient (Wildman–Crippen LogP) is 2.67. The van der Waals surface area contributed by atoms with E-state index in [0.717, 1.165) is 5.56 Å². The van der Waals surface area contributed by atoms with Gasteiger partial charge in [-0.15, -0.1) is 0 Å². The molecule has 4 rings (SSSR count). The van der Waals surface area contributed by atoms with Crippen molar-refractivity contribution in [3.05, 3.63) is 88.5 Å². The highest BCUT2D eigenvalue weighted by Crippen LogP contribution is 2.24. The van der Waals surface area contributed by atoms with Gasteiger partial charge in [-0.2, -0.15) is 8.42 Å². The highest BCUT2D eigenvalue weighted by molar-refractivity contribution is 7.86. The van der Waals surface area contributed by atoms with Gasteiger partial charge < -0.3 is 0 Å². The molecule has 0 fully saturated rings. The molecule has 10 nitrogen and oxygen atoms in total. The Labute approximate surface area is 176 Å². The quantitative estimate of drug-likeness (QED) is 0.219. The number of non-ortho nitro benzene ring substituents is 1. The molecule has 0 saturated heterocycles. The molecule has 1 N–H and O–H groups in total. The van der Waals surface area contributed by atoms with Crippen LogP contribution >= 0.6 is 0 Å². The van der Waals surface area contributed by atoms with E-state index in [1.807, 2.05) is 31.2 Å². The molecule has 0 amide bonds. The van der Waals surface area contributed by atoms with Crippen LogP contribution < -0.4 is 4.80 Å². The lowest BCUT2D eigenvalue weighted by Gasteiger charge is -2.00. The van der Waals surface area contributed by atoms with Gasteiger partial charge in [0.25, 0.3) is 15.8 Å². The van der Waals surface area contributed by atoms with Crippen LogP contribution in [0.25, 0.3) is 22.8 Å². The number of nitrogens with zero attached hydrogens (tertiary/aromatic N) is 5. The van der Waals surface area contributed by atoms with Crippen LogP contribution in [0.1, 0.15) is 5.56 Å². The van der Waals surface area contributed by atoms with Crippen LogP contribution in [0.2, 0.25) is 0 Å². The first-order valence-corrected chi connectivity index (χ1v) is 10.5. The van der Waals surface area contributed by atoms with Gasteiger partial charge in [0, 0.05) is 16.9 Å². The van der Waals surface area contributed by atoms with E-state index >= 15 is 0 Å². The molecule has 4 aromatic rings. The fraction of sp³-hybridized carbons (Fsp3) is 0.0500. The Balaban J connectivity index is 1.94. The van der Waals surface area contributed by atoms with E-state index in [1.54, 1.807) is 6.07 Å². The number of nitro groups is 1. The molecular weight excluding hydrogens is 422 g/mol. The zero-order chi connectivity index (χ0) is 22.2. The van der Waals surface area contributed by atoms with Crippen molar-refractivity contribution in [1.29, 1.82) is 0 Å². The summed E-state index contributed by atoms with van der Waals surface area (Å²) in [6.45, 7) is 1.93. The summed E-state index contributed by atoms with van der Waals surface area (Å²) in [4.78, 5) is 13.0. The standard InChI is InChI=1S/C20H15N5O5S/c1-14-6-8-15(9-7-14)23-21-20(18-4-2-3-5-19(18)31(28,29)30)22-24(23)16-10-12-17(13-11-16)25(26)27/h2-13H,1H3/p+1. The van der Waals surface area contributed by atoms with Gasteiger partial charge in [-0.25, -0.2) is 0 Å². The number of rotatable bonds is 5. The maximum absolute atomic E-state index is 11.8. The minimum absolute atomic E-state index is 0.0483. The number of tetrazole rings is 1. The first-order chi connectivity index (χ1) is 14.7. The van der Waals surface area contributed by atoms with Crippen LogP contribution in [0.3, 0.4) is 0 Å². The number of aromatic nitrogens is 4. The summed E-state index contributed by atoms with van der Waals surface area (Å²) in [5.41, 5.74) is 2.17. The Morgan fingerprint density at radius 2 is 1.65 bits per heavy atom. The van der Waals surface area contributed by atoms with Crippen LogP contribution in [0, 0.1) is 17.0 Å². The molecule has 0 aliphatic heterocycles. The first kappa shape index (κ1) is 20.3. The van der Waals surface area contributed by atoms with Crippen LogP contribution in [-0.2, 0) is 10.1 Å².